The molecule has 2 amide bonds. The third-order valence-corrected chi connectivity index (χ3v) is 6.12. The minimum Gasteiger partial charge on any atom is -0.326 e. The predicted octanol–water partition coefficient (Wildman–Crippen LogP) is 6.69. The Morgan fingerprint density at radius 3 is 2.31 bits per heavy atom. The Morgan fingerprint density at radius 1 is 1.03 bits per heavy atom. The van der Waals surface area contributed by atoms with Crippen molar-refractivity contribution in [1.29, 1.82) is 0 Å². The van der Waals surface area contributed by atoms with Crippen molar-refractivity contribution in [2.45, 2.75) is 16.7 Å². The third-order valence-electron chi connectivity index (χ3n) is 4.42. The van der Waals surface area contributed by atoms with Crippen LogP contribution < -0.4 is 10.6 Å². The first-order valence-corrected chi connectivity index (χ1v) is 10.4. The molecule has 0 heterocycles. The lowest BCUT2D eigenvalue weighted by molar-refractivity contribution is -0.117. The number of halogens is 5. The molecule has 29 heavy (non-hydrogen) atoms. The summed E-state index contributed by atoms with van der Waals surface area (Å²) in [5, 5.41) is 6.61. The maximum atomic E-state index is 12.8. The Labute approximate surface area is 193 Å². The number of anilines is 2. The second-order valence-corrected chi connectivity index (χ2v) is 9.28. The summed E-state index contributed by atoms with van der Waals surface area (Å²) < 4.78 is -1.29. The summed E-state index contributed by atoms with van der Waals surface area (Å²) in [5.41, 5.74) is 1.49. The summed E-state index contributed by atoms with van der Waals surface area (Å²) in [6, 6.07) is 9.68. The monoisotopic (exact) mass is 490 g/mol. The molecule has 4 nitrogen and oxygen atoms in total. The van der Waals surface area contributed by atoms with Crippen LogP contribution in [0.5, 0.6) is 0 Å². The van der Waals surface area contributed by atoms with E-state index in [-0.39, 0.29) is 18.2 Å². The molecule has 2 unspecified atom stereocenters. The molecule has 1 aliphatic carbocycles. The van der Waals surface area contributed by atoms with Crippen LogP contribution in [0.2, 0.25) is 15.1 Å². The minimum absolute atomic E-state index is 0.139. The highest BCUT2D eigenvalue weighted by molar-refractivity contribution is 6.53. The lowest BCUT2D eigenvalue weighted by atomic mass is 10.1. The molecule has 2 N–H and O–H groups in total. The van der Waals surface area contributed by atoms with Gasteiger partial charge in [0, 0.05) is 28.1 Å². The summed E-state index contributed by atoms with van der Waals surface area (Å²) >= 11 is 30.9. The van der Waals surface area contributed by atoms with Gasteiger partial charge in [0.25, 0.3) is 0 Å². The summed E-state index contributed by atoms with van der Waals surface area (Å²) in [4.78, 5) is 24.6. The zero-order chi connectivity index (χ0) is 21.3. The third kappa shape index (κ3) is 5.01. The molecular weight excluding hydrogens is 477 g/mol. The zero-order valence-electron chi connectivity index (χ0n) is 14.8. The van der Waals surface area contributed by atoms with Crippen molar-refractivity contribution in [3.63, 3.8) is 0 Å². The van der Waals surface area contributed by atoms with Crippen LogP contribution >= 0.6 is 58.0 Å². The molecule has 2 aromatic rings. The van der Waals surface area contributed by atoms with E-state index in [0.717, 1.165) is 0 Å². The summed E-state index contributed by atoms with van der Waals surface area (Å²) in [7, 11) is 0. The standard InChI is InChI=1S/C20H15Cl5N2O2/c1-2-3-16(28)27-15-9-13(4-5-14(15)23)26-19(29)18-17(20(18,24)25)10-6-11(21)8-12(22)7-10/h2,4-9,17-18H,1,3H2,(H,26,29)(H,27,28). The number of amides is 2. The second-order valence-electron chi connectivity index (χ2n) is 6.56. The van der Waals surface area contributed by atoms with Gasteiger partial charge in [-0.2, -0.15) is 0 Å². The number of carbonyl (C=O) groups is 2. The Hall–Kier alpha value is -1.43. The Morgan fingerprint density at radius 2 is 1.69 bits per heavy atom. The highest BCUT2D eigenvalue weighted by atomic mass is 35.5. The number of hydrogen-bond donors (Lipinski definition) is 2. The first-order valence-electron chi connectivity index (χ1n) is 8.48. The molecule has 1 fully saturated rings. The lowest BCUT2D eigenvalue weighted by Crippen LogP contribution is -2.17. The highest BCUT2D eigenvalue weighted by Gasteiger charge is 2.67. The molecule has 1 saturated carbocycles. The van der Waals surface area contributed by atoms with E-state index in [1.165, 1.54) is 6.08 Å². The fourth-order valence-electron chi connectivity index (χ4n) is 3.07. The SMILES string of the molecule is C=CCC(=O)Nc1cc(NC(=O)C2C(c3cc(Cl)cc(Cl)c3)C2(Cl)Cl)ccc1Cl. The van der Waals surface area contributed by atoms with Gasteiger partial charge in [-0.1, -0.05) is 40.9 Å². The molecular formula is C20H15Cl5N2O2. The number of benzene rings is 2. The smallest absolute Gasteiger partial charge is 0.231 e. The molecule has 0 bridgehead atoms. The maximum absolute atomic E-state index is 12.8. The van der Waals surface area contributed by atoms with Crippen molar-refractivity contribution < 1.29 is 9.59 Å². The van der Waals surface area contributed by atoms with Crippen molar-refractivity contribution >= 4 is 81.2 Å². The van der Waals surface area contributed by atoms with Gasteiger partial charge in [0.05, 0.1) is 16.6 Å². The normalized spacial score (nSPS) is 19.3. The van der Waals surface area contributed by atoms with E-state index in [0.29, 0.717) is 32.0 Å². The first-order chi connectivity index (χ1) is 13.6. The van der Waals surface area contributed by atoms with Gasteiger partial charge >= 0.3 is 0 Å². The van der Waals surface area contributed by atoms with Crippen LogP contribution in [0.25, 0.3) is 0 Å². The molecule has 0 aromatic heterocycles. The topological polar surface area (TPSA) is 58.2 Å². The molecule has 0 saturated heterocycles. The van der Waals surface area contributed by atoms with Gasteiger partial charge in [0.1, 0.15) is 4.33 Å². The van der Waals surface area contributed by atoms with E-state index in [9.17, 15) is 9.59 Å². The van der Waals surface area contributed by atoms with Crippen LogP contribution in [0, 0.1) is 5.92 Å². The van der Waals surface area contributed by atoms with Crippen LogP contribution in [0.4, 0.5) is 11.4 Å². The summed E-state index contributed by atoms with van der Waals surface area (Å²) in [5.74, 6) is -1.80. The van der Waals surface area contributed by atoms with Gasteiger partial charge in [-0.05, 0) is 42.0 Å². The minimum atomic E-state index is -1.29. The molecule has 3 rings (SSSR count). The Balaban J connectivity index is 1.76. The zero-order valence-corrected chi connectivity index (χ0v) is 18.6. The fourth-order valence-corrected chi connectivity index (χ4v) is 4.61. The first kappa shape index (κ1) is 22.3. The molecule has 0 spiro atoms. The van der Waals surface area contributed by atoms with Gasteiger partial charge < -0.3 is 10.6 Å². The van der Waals surface area contributed by atoms with Crippen molar-refractivity contribution in [3.8, 4) is 0 Å². The molecule has 152 valence electrons. The molecule has 9 heteroatoms. The fraction of sp³-hybridized carbons (Fsp3) is 0.200. The summed E-state index contributed by atoms with van der Waals surface area (Å²) in [6.07, 6.45) is 1.62. The number of hydrogen-bond acceptors (Lipinski definition) is 2. The van der Waals surface area contributed by atoms with Gasteiger partial charge in [-0.25, -0.2) is 0 Å². The molecule has 0 radical (unpaired) electrons. The van der Waals surface area contributed by atoms with Gasteiger partial charge in [-0.15, -0.1) is 29.8 Å². The van der Waals surface area contributed by atoms with Crippen LogP contribution in [0.15, 0.2) is 49.1 Å². The van der Waals surface area contributed by atoms with E-state index >= 15 is 0 Å². The van der Waals surface area contributed by atoms with Crippen molar-refractivity contribution in [2.24, 2.45) is 5.92 Å². The molecule has 2 atom stereocenters. The molecule has 1 aliphatic rings. The van der Waals surface area contributed by atoms with Gasteiger partial charge in [0.2, 0.25) is 11.8 Å². The predicted molar refractivity (Wildman–Crippen MR) is 121 cm³/mol. The quantitative estimate of drug-likeness (QED) is 0.349. The van der Waals surface area contributed by atoms with Gasteiger partial charge in [-0.3, -0.25) is 9.59 Å². The van der Waals surface area contributed by atoms with Gasteiger partial charge in [0.15, 0.2) is 0 Å². The van der Waals surface area contributed by atoms with E-state index in [1.54, 1.807) is 36.4 Å². The average molecular weight is 493 g/mol. The van der Waals surface area contributed by atoms with E-state index in [4.69, 9.17) is 58.0 Å². The maximum Gasteiger partial charge on any atom is 0.231 e. The van der Waals surface area contributed by atoms with Crippen molar-refractivity contribution in [3.05, 3.63) is 69.7 Å². The second kappa shape index (κ2) is 8.75. The highest BCUT2D eigenvalue weighted by Crippen LogP contribution is 2.65. The van der Waals surface area contributed by atoms with Crippen LogP contribution in [-0.2, 0) is 9.59 Å². The van der Waals surface area contributed by atoms with E-state index in [2.05, 4.69) is 17.2 Å². The number of nitrogens with one attached hydrogen (secondary N) is 2. The van der Waals surface area contributed by atoms with Crippen molar-refractivity contribution in [2.75, 3.05) is 10.6 Å². The summed E-state index contributed by atoms with van der Waals surface area (Å²) in [6.45, 7) is 3.51. The number of carbonyl (C=O) groups excluding carboxylic acids is 2. The number of alkyl halides is 2. The van der Waals surface area contributed by atoms with Crippen LogP contribution in [0.1, 0.15) is 17.9 Å². The Kier molecular flexibility index (Phi) is 6.71. The van der Waals surface area contributed by atoms with Crippen LogP contribution in [-0.4, -0.2) is 16.1 Å². The number of rotatable bonds is 6. The van der Waals surface area contributed by atoms with E-state index in [1.807, 2.05) is 0 Å². The lowest BCUT2D eigenvalue weighted by Gasteiger charge is -2.10. The molecule has 0 aliphatic heterocycles. The Bertz CT molecular complexity index is 973. The molecule has 2 aromatic carbocycles. The van der Waals surface area contributed by atoms with Crippen LogP contribution in [0.3, 0.4) is 0 Å². The largest absolute Gasteiger partial charge is 0.326 e. The average Bonchev–Trinajstić information content (AvgIpc) is 3.19. The van der Waals surface area contributed by atoms with E-state index < -0.39 is 16.2 Å². The van der Waals surface area contributed by atoms with Crippen molar-refractivity contribution in [1.82, 2.24) is 0 Å².